The molecule has 29 heavy (non-hydrogen) atoms. The van der Waals surface area contributed by atoms with Crippen molar-refractivity contribution in [3.05, 3.63) is 35.9 Å². The fourth-order valence-electron chi connectivity index (χ4n) is 4.63. The molecule has 2 heterocycles. The average Bonchev–Trinajstić information content (AvgIpc) is 3.28. The van der Waals surface area contributed by atoms with E-state index in [1.54, 1.807) is 12.1 Å². The molecule has 160 valence electrons. The molecule has 0 radical (unpaired) electrons. The van der Waals surface area contributed by atoms with Crippen LogP contribution in [0.15, 0.2) is 30.3 Å². The lowest BCUT2D eigenvalue weighted by molar-refractivity contribution is -0.172. The molecule has 0 aromatic heterocycles. The zero-order chi connectivity index (χ0) is 20.8. The Kier molecular flexibility index (Phi) is 7.67. The highest BCUT2D eigenvalue weighted by molar-refractivity contribution is 5.80. The first-order valence-corrected chi connectivity index (χ1v) is 10.8. The largest absolute Gasteiger partial charge is 0.459 e. The van der Waals surface area contributed by atoms with Crippen molar-refractivity contribution in [3.63, 3.8) is 0 Å². The molecule has 3 unspecified atom stereocenters. The maximum Gasteiger partial charge on any atom is 0.352 e. The summed E-state index contributed by atoms with van der Waals surface area (Å²) in [6.07, 6.45) is 5.10. The van der Waals surface area contributed by atoms with Gasteiger partial charge in [0.05, 0.1) is 0 Å². The van der Waals surface area contributed by atoms with Gasteiger partial charge in [-0.25, -0.2) is 4.79 Å². The SMILES string of the molecule is CC(=O)OC(C(=O)OC(CC1CCCN1C)CC1CCCN1C)c1ccccc1. The smallest absolute Gasteiger partial charge is 0.352 e. The van der Waals surface area contributed by atoms with Crippen LogP contribution in [0.2, 0.25) is 0 Å². The standard InChI is InChI=1S/C23H34N2O4/c1-17(26)28-22(18-9-5-4-6-10-18)23(27)29-21(15-19-11-7-13-24(19)2)16-20-12-8-14-25(20)3/h4-6,9-10,19-22H,7-8,11-16H2,1-3H3. The summed E-state index contributed by atoms with van der Waals surface area (Å²) in [5.74, 6) is -0.962. The van der Waals surface area contributed by atoms with Gasteiger partial charge >= 0.3 is 11.9 Å². The van der Waals surface area contributed by atoms with Crippen molar-refractivity contribution < 1.29 is 19.1 Å². The summed E-state index contributed by atoms with van der Waals surface area (Å²) in [5.41, 5.74) is 0.641. The highest BCUT2D eigenvalue weighted by atomic mass is 16.6. The van der Waals surface area contributed by atoms with Gasteiger partial charge in [-0.2, -0.15) is 0 Å². The molecule has 1 aromatic carbocycles. The summed E-state index contributed by atoms with van der Waals surface area (Å²) >= 11 is 0. The molecule has 0 aliphatic carbocycles. The Hall–Kier alpha value is -1.92. The van der Waals surface area contributed by atoms with E-state index in [0.29, 0.717) is 17.6 Å². The lowest BCUT2D eigenvalue weighted by Crippen LogP contribution is -2.37. The van der Waals surface area contributed by atoms with Gasteiger partial charge in [0.1, 0.15) is 6.10 Å². The van der Waals surface area contributed by atoms with Crippen LogP contribution in [-0.4, -0.2) is 67.1 Å². The lowest BCUT2D eigenvalue weighted by atomic mass is 9.99. The van der Waals surface area contributed by atoms with Gasteiger partial charge in [-0.15, -0.1) is 0 Å². The minimum Gasteiger partial charge on any atom is -0.459 e. The van der Waals surface area contributed by atoms with Crippen LogP contribution in [0.5, 0.6) is 0 Å². The van der Waals surface area contributed by atoms with Gasteiger partial charge in [0.2, 0.25) is 6.10 Å². The van der Waals surface area contributed by atoms with E-state index in [-0.39, 0.29) is 6.10 Å². The maximum atomic E-state index is 13.1. The molecule has 6 nitrogen and oxygen atoms in total. The van der Waals surface area contributed by atoms with Crippen LogP contribution >= 0.6 is 0 Å². The summed E-state index contributed by atoms with van der Waals surface area (Å²) in [7, 11) is 4.29. The number of likely N-dealkylation sites (tertiary alicyclic amines) is 2. The third-order valence-corrected chi connectivity index (χ3v) is 6.30. The number of hydrogen-bond acceptors (Lipinski definition) is 6. The van der Waals surface area contributed by atoms with Crippen LogP contribution in [0, 0.1) is 0 Å². The average molecular weight is 403 g/mol. The number of carbonyl (C=O) groups is 2. The van der Waals surface area contributed by atoms with Crippen molar-refractivity contribution in [2.24, 2.45) is 0 Å². The highest BCUT2D eigenvalue weighted by Gasteiger charge is 2.34. The first kappa shape index (κ1) is 21.8. The fraction of sp³-hybridized carbons (Fsp3) is 0.652. The molecular weight excluding hydrogens is 368 g/mol. The van der Waals surface area contributed by atoms with E-state index in [4.69, 9.17) is 9.47 Å². The minimum absolute atomic E-state index is 0.180. The fourth-order valence-corrected chi connectivity index (χ4v) is 4.63. The second kappa shape index (κ2) is 10.2. The van der Waals surface area contributed by atoms with Gasteiger partial charge in [0, 0.05) is 24.6 Å². The number of ether oxygens (including phenoxy) is 2. The molecule has 2 aliphatic rings. The molecule has 6 heteroatoms. The second-order valence-corrected chi connectivity index (χ2v) is 8.48. The summed E-state index contributed by atoms with van der Waals surface area (Å²) < 4.78 is 11.4. The van der Waals surface area contributed by atoms with Crippen molar-refractivity contribution in [1.29, 1.82) is 0 Å². The third kappa shape index (κ3) is 6.03. The predicted octanol–water partition coefficient (Wildman–Crippen LogP) is 3.17. The Morgan fingerprint density at radius 2 is 1.52 bits per heavy atom. The Morgan fingerprint density at radius 1 is 0.966 bits per heavy atom. The Balaban J connectivity index is 1.72. The van der Waals surface area contributed by atoms with Crippen LogP contribution in [0.1, 0.15) is 57.1 Å². The zero-order valence-corrected chi connectivity index (χ0v) is 17.9. The third-order valence-electron chi connectivity index (χ3n) is 6.30. The van der Waals surface area contributed by atoms with Gasteiger partial charge in [-0.1, -0.05) is 30.3 Å². The quantitative estimate of drug-likeness (QED) is 0.623. The van der Waals surface area contributed by atoms with Crippen LogP contribution in [0.4, 0.5) is 0 Å². The van der Waals surface area contributed by atoms with E-state index in [2.05, 4.69) is 23.9 Å². The number of benzene rings is 1. The Labute approximate surface area is 174 Å². The summed E-state index contributed by atoms with van der Waals surface area (Å²) in [6, 6.07) is 9.98. The van der Waals surface area contributed by atoms with Gasteiger partial charge < -0.3 is 19.3 Å². The van der Waals surface area contributed by atoms with Crippen LogP contribution in [0.3, 0.4) is 0 Å². The summed E-state index contributed by atoms with van der Waals surface area (Å²) in [5, 5.41) is 0. The first-order chi connectivity index (χ1) is 13.9. The molecular formula is C23H34N2O4. The van der Waals surface area contributed by atoms with Gasteiger partial charge in [0.25, 0.3) is 0 Å². The Morgan fingerprint density at radius 3 is 1.97 bits per heavy atom. The monoisotopic (exact) mass is 402 g/mol. The lowest BCUT2D eigenvalue weighted by Gasteiger charge is -2.30. The molecule has 0 N–H and O–H groups in total. The maximum absolute atomic E-state index is 13.1. The predicted molar refractivity (Wildman–Crippen MR) is 111 cm³/mol. The van der Waals surface area contributed by atoms with E-state index in [1.807, 2.05) is 18.2 Å². The van der Waals surface area contributed by atoms with Crippen molar-refractivity contribution in [1.82, 2.24) is 9.80 Å². The number of rotatable bonds is 8. The van der Waals surface area contributed by atoms with Crippen LogP contribution in [-0.2, 0) is 19.1 Å². The molecule has 0 bridgehead atoms. The normalized spacial score (nSPS) is 24.9. The Bertz CT molecular complexity index is 659. The van der Waals surface area contributed by atoms with Crippen LogP contribution < -0.4 is 0 Å². The van der Waals surface area contributed by atoms with Crippen molar-refractivity contribution in [3.8, 4) is 0 Å². The minimum atomic E-state index is -1.01. The molecule has 0 spiro atoms. The molecule has 0 saturated carbocycles. The van der Waals surface area contributed by atoms with Gasteiger partial charge in [0.15, 0.2) is 0 Å². The van der Waals surface area contributed by atoms with Crippen molar-refractivity contribution in [2.75, 3.05) is 27.2 Å². The molecule has 3 rings (SSSR count). The highest BCUT2D eigenvalue weighted by Crippen LogP contribution is 2.28. The number of esters is 2. The van der Waals surface area contributed by atoms with Gasteiger partial charge in [-0.05, 0) is 65.7 Å². The zero-order valence-electron chi connectivity index (χ0n) is 17.9. The van der Waals surface area contributed by atoms with E-state index < -0.39 is 18.0 Å². The molecule has 0 amide bonds. The molecule has 2 saturated heterocycles. The molecule has 3 atom stereocenters. The number of carbonyl (C=O) groups excluding carboxylic acids is 2. The second-order valence-electron chi connectivity index (χ2n) is 8.48. The van der Waals surface area contributed by atoms with Crippen molar-refractivity contribution >= 4 is 11.9 Å². The summed E-state index contributed by atoms with van der Waals surface area (Å²) in [4.78, 5) is 29.4. The van der Waals surface area contributed by atoms with Crippen LogP contribution in [0.25, 0.3) is 0 Å². The van der Waals surface area contributed by atoms with E-state index >= 15 is 0 Å². The van der Waals surface area contributed by atoms with E-state index in [1.165, 1.54) is 19.8 Å². The number of nitrogens with zero attached hydrogens (tertiary/aromatic N) is 2. The van der Waals surface area contributed by atoms with E-state index in [0.717, 1.165) is 38.8 Å². The molecule has 2 aliphatic heterocycles. The first-order valence-electron chi connectivity index (χ1n) is 10.8. The molecule has 2 fully saturated rings. The van der Waals surface area contributed by atoms with Gasteiger partial charge in [-0.3, -0.25) is 4.79 Å². The van der Waals surface area contributed by atoms with E-state index in [9.17, 15) is 9.59 Å². The molecule has 1 aromatic rings. The van der Waals surface area contributed by atoms with Crippen molar-refractivity contribution in [2.45, 2.75) is 69.7 Å². The number of hydrogen-bond donors (Lipinski definition) is 0. The summed E-state index contributed by atoms with van der Waals surface area (Å²) in [6.45, 7) is 3.51. The topological polar surface area (TPSA) is 59.1 Å².